The van der Waals surface area contributed by atoms with E-state index in [0.29, 0.717) is 0 Å². The molecule has 1 atom stereocenters. The summed E-state index contributed by atoms with van der Waals surface area (Å²) < 4.78 is 5.43. The third kappa shape index (κ3) is 4.91. The summed E-state index contributed by atoms with van der Waals surface area (Å²) in [7, 11) is 0. The molecule has 15 heavy (non-hydrogen) atoms. The number of pyridine rings is 1. The SMILES string of the molecule is CCOC(C)CNCc1cncc(C)c1. The molecule has 3 heteroatoms. The molecule has 84 valence electrons. The second-order valence-corrected chi connectivity index (χ2v) is 3.77. The Kier molecular flexibility index (Phi) is 5.29. The zero-order valence-corrected chi connectivity index (χ0v) is 9.79. The molecule has 0 aliphatic heterocycles. The molecule has 0 spiro atoms. The van der Waals surface area contributed by atoms with Crippen molar-refractivity contribution in [3.05, 3.63) is 29.6 Å². The van der Waals surface area contributed by atoms with Crippen LogP contribution in [0, 0.1) is 6.92 Å². The van der Waals surface area contributed by atoms with Crippen LogP contribution in [0.1, 0.15) is 25.0 Å². The van der Waals surface area contributed by atoms with Crippen LogP contribution in [0.4, 0.5) is 0 Å². The van der Waals surface area contributed by atoms with Gasteiger partial charge in [-0.3, -0.25) is 4.98 Å². The van der Waals surface area contributed by atoms with Gasteiger partial charge in [-0.05, 0) is 31.9 Å². The Morgan fingerprint density at radius 1 is 1.47 bits per heavy atom. The van der Waals surface area contributed by atoms with E-state index >= 15 is 0 Å². The van der Waals surface area contributed by atoms with Crippen LogP contribution in [-0.4, -0.2) is 24.2 Å². The van der Waals surface area contributed by atoms with E-state index in [1.807, 2.05) is 19.3 Å². The van der Waals surface area contributed by atoms with Gasteiger partial charge in [-0.15, -0.1) is 0 Å². The number of ether oxygens (including phenoxy) is 1. The van der Waals surface area contributed by atoms with Gasteiger partial charge >= 0.3 is 0 Å². The second-order valence-electron chi connectivity index (χ2n) is 3.77. The van der Waals surface area contributed by atoms with Gasteiger partial charge in [-0.1, -0.05) is 6.07 Å². The van der Waals surface area contributed by atoms with E-state index in [-0.39, 0.29) is 6.10 Å². The minimum absolute atomic E-state index is 0.271. The van der Waals surface area contributed by atoms with Gasteiger partial charge in [0.05, 0.1) is 6.10 Å². The summed E-state index contributed by atoms with van der Waals surface area (Å²) in [5, 5.41) is 3.35. The van der Waals surface area contributed by atoms with Crippen LogP contribution < -0.4 is 5.32 Å². The lowest BCUT2D eigenvalue weighted by atomic mass is 10.2. The molecule has 1 aromatic rings. The van der Waals surface area contributed by atoms with E-state index in [2.05, 4.69) is 30.2 Å². The molecule has 0 aliphatic rings. The Morgan fingerprint density at radius 3 is 2.93 bits per heavy atom. The van der Waals surface area contributed by atoms with E-state index in [9.17, 15) is 0 Å². The van der Waals surface area contributed by atoms with Crippen molar-refractivity contribution in [3.63, 3.8) is 0 Å². The molecule has 0 aliphatic carbocycles. The standard InChI is InChI=1S/C12H20N2O/c1-4-15-11(3)7-14-9-12-5-10(2)6-13-8-12/h5-6,8,11,14H,4,7,9H2,1-3H3. The molecule has 0 fully saturated rings. The van der Waals surface area contributed by atoms with Crippen molar-refractivity contribution in [2.24, 2.45) is 0 Å². The molecule has 1 unspecified atom stereocenters. The molecule has 1 heterocycles. The molecule has 0 bridgehead atoms. The summed E-state index contributed by atoms with van der Waals surface area (Å²) in [4.78, 5) is 4.15. The third-order valence-corrected chi connectivity index (χ3v) is 2.14. The highest BCUT2D eigenvalue weighted by Crippen LogP contribution is 2.00. The maximum atomic E-state index is 5.43. The fourth-order valence-corrected chi connectivity index (χ4v) is 1.48. The summed E-state index contributed by atoms with van der Waals surface area (Å²) in [5.74, 6) is 0. The van der Waals surface area contributed by atoms with Crippen LogP contribution in [0.15, 0.2) is 18.5 Å². The molecule has 0 aromatic carbocycles. The molecule has 0 radical (unpaired) electrons. The normalized spacial score (nSPS) is 12.7. The quantitative estimate of drug-likeness (QED) is 0.775. The maximum absolute atomic E-state index is 5.43. The first-order valence-electron chi connectivity index (χ1n) is 5.45. The van der Waals surface area contributed by atoms with E-state index in [0.717, 1.165) is 19.7 Å². The van der Waals surface area contributed by atoms with Gasteiger partial charge in [0.2, 0.25) is 0 Å². The summed E-state index contributed by atoms with van der Waals surface area (Å²) >= 11 is 0. The highest BCUT2D eigenvalue weighted by atomic mass is 16.5. The average Bonchev–Trinajstić information content (AvgIpc) is 2.18. The topological polar surface area (TPSA) is 34.1 Å². The van der Waals surface area contributed by atoms with Gasteiger partial charge in [0.15, 0.2) is 0 Å². The molecular formula is C12H20N2O. The Bertz CT molecular complexity index is 289. The number of aromatic nitrogens is 1. The van der Waals surface area contributed by atoms with Crippen LogP contribution >= 0.6 is 0 Å². The molecule has 1 aromatic heterocycles. The van der Waals surface area contributed by atoms with Crippen molar-refractivity contribution >= 4 is 0 Å². The van der Waals surface area contributed by atoms with Gasteiger partial charge in [-0.2, -0.15) is 0 Å². The molecule has 0 amide bonds. The van der Waals surface area contributed by atoms with E-state index < -0.39 is 0 Å². The molecule has 0 saturated heterocycles. The highest BCUT2D eigenvalue weighted by molar-refractivity contribution is 5.16. The predicted octanol–water partition coefficient (Wildman–Crippen LogP) is 1.90. The van der Waals surface area contributed by atoms with Gasteiger partial charge in [-0.25, -0.2) is 0 Å². The molecule has 1 rings (SSSR count). The van der Waals surface area contributed by atoms with Gasteiger partial charge in [0.1, 0.15) is 0 Å². The molecule has 1 N–H and O–H groups in total. The van der Waals surface area contributed by atoms with Crippen molar-refractivity contribution in [2.45, 2.75) is 33.4 Å². The summed E-state index contributed by atoms with van der Waals surface area (Å²) in [6.45, 7) is 8.65. The Labute approximate surface area is 91.9 Å². The van der Waals surface area contributed by atoms with Crippen LogP contribution in [0.2, 0.25) is 0 Å². The Morgan fingerprint density at radius 2 is 2.27 bits per heavy atom. The average molecular weight is 208 g/mol. The number of nitrogens with zero attached hydrogens (tertiary/aromatic N) is 1. The fourth-order valence-electron chi connectivity index (χ4n) is 1.48. The lowest BCUT2D eigenvalue weighted by Gasteiger charge is -2.12. The summed E-state index contributed by atoms with van der Waals surface area (Å²) in [6.07, 6.45) is 4.03. The van der Waals surface area contributed by atoms with E-state index in [1.54, 1.807) is 0 Å². The first-order chi connectivity index (χ1) is 7.22. The van der Waals surface area contributed by atoms with Gasteiger partial charge in [0.25, 0.3) is 0 Å². The number of hydrogen-bond acceptors (Lipinski definition) is 3. The zero-order valence-electron chi connectivity index (χ0n) is 9.79. The zero-order chi connectivity index (χ0) is 11.1. The third-order valence-electron chi connectivity index (χ3n) is 2.14. The van der Waals surface area contributed by atoms with Crippen molar-refractivity contribution in [3.8, 4) is 0 Å². The van der Waals surface area contributed by atoms with E-state index in [1.165, 1.54) is 11.1 Å². The van der Waals surface area contributed by atoms with Crippen LogP contribution in [0.25, 0.3) is 0 Å². The smallest absolute Gasteiger partial charge is 0.0671 e. The number of aryl methyl sites for hydroxylation is 1. The minimum atomic E-state index is 0.271. The Balaban J connectivity index is 2.25. The largest absolute Gasteiger partial charge is 0.377 e. The van der Waals surface area contributed by atoms with E-state index in [4.69, 9.17) is 4.74 Å². The maximum Gasteiger partial charge on any atom is 0.0671 e. The van der Waals surface area contributed by atoms with Crippen LogP contribution in [0.3, 0.4) is 0 Å². The number of rotatable bonds is 6. The first-order valence-corrected chi connectivity index (χ1v) is 5.45. The Hall–Kier alpha value is -0.930. The molecule has 0 saturated carbocycles. The fraction of sp³-hybridized carbons (Fsp3) is 0.583. The minimum Gasteiger partial charge on any atom is -0.377 e. The van der Waals surface area contributed by atoms with Crippen molar-refractivity contribution in [1.29, 1.82) is 0 Å². The van der Waals surface area contributed by atoms with Crippen molar-refractivity contribution < 1.29 is 4.74 Å². The second kappa shape index (κ2) is 6.53. The van der Waals surface area contributed by atoms with Crippen molar-refractivity contribution in [1.82, 2.24) is 10.3 Å². The summed E-state index contributed by atoms with van der Waals surface area (Å²) in [6, 6.07) is 2.14. The predicted molar refractivity (Wildman–Crippen MR) is 61.8 cm³/mol. The molecule has 3 nitrogen and oxygen atoms in total. The monoisotopic (exact) mass is 208 g/mol. The van der Waals surface area contributed by atoms with Gasteiger partial charge in [0, 0.05) is 32.1 Å². The van der Waals surface area contributed by atoms with Gasteiger partial charge < -0.3 is 10.1 Å². The number of hydrogen-bond donors (Lipinski definition) is 1. The summed E-state index contributed by atoms with van der Waals surface area (Å²) in [5.41, 5.74) is 2.42. The lowest BCUT2D eigenvalue weighted by Crippen LogP contribution is -2.26. The first kappa shape index (κ1) is 12.1. The lowest BCUT2D eigenvalue weighted by molar-refractivity contribution is 0.0759. The van der Waals surface area contributed by atoms with Crippen LogP contribution in [-0.2, 0) is 11.3 Å². The van der Waals surface area contributed by atoms with Crippen LogP contribution in [0.5, 0.6) is 0 Å². The van der Waals surface area contributed by atoms with Crippen molar-refractivity contribution in [2.75, 3.05) is 13.2 Å². The number of nitrogens with one attached hydrogen (secondary N) is 1. The molecular weight excluding hydrogens is 188 g/mol. The highest BCUT2D eigenvalue weighted by Gasteiger charge is 2.00.